The Hall–Kier alpha value is -1.86. The second-order valence-corrected chi connectivity index (χ2v) is 7.14. The van der Waals surface area contributed by atoms with Crippen molar-refractivity contribution in [3.05, 3.63) is 65.2 Å². The number of hydrogen-bond acceptors (Lipinski definition) is 6. The highest BCUT2D eigenvalue weighted by Gasteiger charge is 2.14. The molecule has 5 nitrogen and oxygen atoms in total. The summed E-state index contributed by atoms with van der Waals surface area (Å²) in [4.78, 5) is 0. The van der Waals surface area contributed by atoms with E-state index in [0.717, 1.165) is 11.1 Å². The summed E-state index contributed by atoms with van der Waals surface area (Å²) in [7, 11) is 0. The molecule has 0 unspecified atom stereocenters. The number of benzene rings is 2. The Morgan fingerprint density at radius 2 is 1.85 bits per heavy atom. The monoisotopic (exact) mass is 390 g/mol. The van der Waals surface area contributed by atoms with Gasteiger partial charge in [-0.1, -0.05) is 53.7 Å². The molecule has 136 valence electrons. The number of halogens is 1. The molecule has 1 aromatic heterocycles. The Balaban J connectivity index is 1.45. The molecule has 0 radical (unpaired) electrons. The Bertz CT molecular complexity index is 811. The van der Waals surface area contributed by atoms with Crippen LogP contribution in [0.5, 0.6) is 0 Å². The number of thioether (sulfide) groups is 1. The molecule has 1 N–H and O–H groups in total. The van der Waals surface area contributed by atoms with Gasteiger partial charge < -0.3 is 14.3 Å². The van der Waals surface area contributed by atoms with Crippen molar-refractivity contribution in [1.82, 2.24) is 10.2 Å². The van der Waals surface area contributed by atoms with Gasteiger partial charge in [-0.15, -0.1) is 10.2 Å². The van der Waals surface area contributed by atoms with Crippen LogP contribution in [0.1, 0.15) is 18.6 Å². The number of nitrogens with zero attached hydrogens (tertiary/aromatic N) is 2. The Morgan fingerprint density at radius 1 is 1.12 bits per heavy atom. The number of rotatable bonds is 8. The molecular weight excluding hydrogens is 372 g/mol. The van der Waals surface area contributed by atoms with Gasteiger partial charge in [-0.3, -0.25) is 0 Å². The molecule has 0 bridgehead atoms. The van der Waals surface area contributed by atoms with E-state index >= 15 is 0 Å². The fourth-order valence-corrected chi connectivity index (χ4v) is 3.06. The molecule has 0 amide bonds. The molecule has 0 aliphatic carbocycles. The average molecular weight is 391 g/mol. The molecule has 0 saturated heterocycles. The first-order valence-corrected chi connectivity index (χ1v) is 9.55. The van der Waals surface area contributed by atoms with Crippen LogP contribution in [-0.4, -0.2) is 33.8 Å². The largest absolute Gasteiger partial charge is 0.411 e. The lowest BCUT2D eigenvalue weighted by Crippen LogP contribution is -2.19. The smallest absolute Gasteiger partial charge is 0.276 e. The van der Waals surface area contributed by atoms with Gasteiger partial charge in [0.2, 0.25) is 5.89 Å². The minimum atomic E-state index is -0.637. The topological polar surface area (TPSA) is 68.4 Å². The lowest BCUT2D eigenvalue weighted by Gasteiger charge is -2.16. The Morgan fingerprint density at radius 3 is 2.58 bits per heavy atom. The van der Waals surface area contributed by atoms with Crippen LogP contribution in [0.2, 0.25) is 5.02 Å². The van der Waals surface area contributed by atoms with Crippen LogP contribution in [0.3, 0.4) is 0 Å². The minimum absolute atomic E-state index is 0.125. The van der Waals surface area contributed by atoms with E-state index in [1.807, 2.05) is 61.5 Å². The van der Waals surface area contributed by atoms with Gasteiger partial charge >= 0.3 is 0 Å². The van der Waals surface area contributed by atoms with E-state index in [4.69, 9.17) is 20.8 Å². The molecule has 26 heavy (non-hydrogen) atoms. The zero-order valence-electron chi connectivity index (χ0n) is 14.2. The number of aromatic nitrogens is 2. The predicted octanol–water partition coefficient (Wildman–Crippen LogP) is 4.62. The first-order valence-electron chi connectivity index (χ1n) is 8.18. The van der Waals surface area contributed by atoms with Crippen molar-refractivity contribution >= 4 is 23.4 Å². The van der Waals surface area contributed by atoms with Crippen molar-refractivity contribution in [3.8, 4) is 11.5 Å². The molecule has 2 atom stereocenters. The molecule has 0 saturated carbocycles. The van der Waals surface area contributed by atoms with Crippen molar-refractivity contribution in [2.24, 2.45) is 0 Å². The van der Waals surface area contributed by atoms with Gasteiger partial charge in [0.1, 0.15) is 0 Å². The third-order valence-electron chi connectivity index (χ3n) is 3.70. The molecule has 3 rings (SSSR count). The molecule has 0 spiro atoms. The molecule has 7 heteroatoms. The number of aliphatic hydroxyl groups excluding tert-OH is 1. The summed E-state index contributed by atoms with van der Waals surface area (Å²) in [5, 5.41) is 19.3. The zero-order chi connectivity index (χ0) is 18.4. The maximum atomic E-state index is 10.1. The van der Waals surface area contributed by atoms with Gasteiger partial charge in [0.25, 0.3) is 5.22 Å². The second kappa shape index (κ2) is 9.19. The summed E-state index contributed by atoms with van der Waals surface area (Å²) in [6.45, 7) is 2.16. The third-order valence-corrected chi connectivity index (χ3v) is 4.92. The van der Waals surface area contributed by atoms with Crippen molar-refractivity contribution in [2.75, 3.05) is 12.4 Å². The fraction of sp³-hybridized carbons (Fsp3) is 0.263. The molecular formula is C19H19ClN2O3S. The van der Waals surface area contributed by atoms with E-state index in [1.165, 1.54) is 11.8 Å². The van der Waals surface area contributed by atoms with E-state index in [0.29, 0.717) is 21.9 Å². The summed E-state index contributed by atoms with van der Waals surface area (Å²) in [6.07, 6.45) is -0.762. The highest BCUT2D eigenvalue weighted by atomic mass is 35.5. The van der Waals surface area contributed by atoms with Gasteiger partial charge in [-0.05, 0) is 36.8 Å². The van der Waals surface area contributed by atoms with Crippen LogP contribution in [0.15, 0.2) is 64.2 Å². The molecule has 1 heterocycles. The van der Waals surface area contributed by atoms with Crippen LogP contribution >= 0.6 is 23.4 Å². The summed E-state index contributed by atoms with van der Waals surface area (Å²) < 4.78 is 11.3. The first-order chi connectivity index (χ1) is 12.6. The molecule has 2 aromatic carbocycles. The molecule has 0 fully saturated rings. The number of hydrogen-bond donors (Lipinski definition) is 1. The third kappa shape index (κ3) is 5.32. The SMILES string of the molecule is C[C@@H](OC[C@@H](O)CSc1nnc(-c2ccccc2)o1)c1ccc(Cl)cc1. The summed E-state index contributed by atoms with van der Waals surface area (Å²) in [5.41, 5.74) is 1.88. The maximum Gasteiger partial charge on any atom is 0.276 e. The van der Waals surface area contributed by atoms with Crippen LogP contribution in [0.25, 0.3) is 11.5 Å². The zero-order valence-corrected chi connectivity index (χ0v) is 15.8. The molecule has 0 aliphatic heterocycles. The van der Waals surface area contributed by atoms with Crippen LogP contribution in [0, 0.1) is 0 Å². The van der Waals surface area contributed by atoms with E-state index < -0.39 is 6.10 Å². The van der Waals surface area contributed by atoms with Crippen molar-refractivity contribution in [1.29, 1.82) is 0 Å². The van der Waals surface area contributed by atoms with Crippen LogP contribution in [0.4, 0.5) is 0 Å². The maximum absolute atomic E-state index is 10.1. The van der Waals surface area contributed by atoms with Crippen molar-refractivity contribution in [2.45, 2.75) is 24.4 Å². The normalized spacial score (nSPS) is 13.5. The van der Waals surface area contributed by atoms with E-state index in [2.05, 4.69) is 10.2 Å². The fourth-order valence-electron chi connectivity index (χ4n) is 2.27. The standard InChI is InChI=1S/C19H19ClN2O3S/c1-13(14-7-9-16(20)10-8-14)24-11-17(23)12-26-19-22-21-18(25-19)15-5-3-2-4-6-15/h2-10,13,17,23H,11-12H2,1H3/t13-,17-/m1/s1. The van der Waals surface area contributed by atoms with Gasteiger partial charge in [0.15, 0.2) is 0 Å². The number of aliphatic hydroxyl groups is 1. The lowest BCUT2D eigenvalue weighted by molar-refractivity contribution is 0.00618. The van der Waals surface area contributed by atoms with E-state index in [9.17, 15) is 5.11 Å². The predicted molar refractivity (Wildman–Crippen MR) is 102 cm³/mol. The summed E-state index contributed by atoms with van der Waals surface area (Å²) in [5.74, 6) is 0.874. The molecule has 3 aromatic rings. The highest BCUT2D eigenvalue weighted by molar-refractivity contribution is 7.99. The van der Waals surface area contributed by atoms with Crippen LogP contribution < -0.4 is 0 Å². The van der Waals surface area contributed by atoms with Gasteiger partial charge in [-0.2, -0.15) is 0 Å². The van der Waals surface area contributed by atoms with Crippen molar-refractivity contribution in [3.63, 3.8) is 0 Å². The van der Waals surface area contributed by atoms with Gasteiger partial charge in [0, 0.05) is 16.3 Å². The Kier molecular flexibility index (Phi) is 6.68. The Labute approximate surface area is 161 Å². The van der Waals surface area contributed by atoms with Gasteiger partial charge in [-0.25, -0.2) is 0 Å². The molecule has 0 aliphatic rings. The quantitative estimate of drug-likeness (QED) is 0.566. The lowest BCUT2D eigenvalue weighted by atomic mass is 10.1. The minimum Gasteiger partial charge on any atom is -0.411 e. The first kappa shape index (κ1) is 18.9. The van der Waals surface area contributed by atoms with Crippen molar-refractivity contribution < 1.29 is 14.3 Å². The second-order valence-electron chi connectivity index (χ2n) is 5.73. The summed E-state index contributed by atoms with van der Waals surface area (Å²) >= 11 is 7.19. The van der Waals surface area contributed by atoms with E-state index in [1.54, 1.807) is 0 Å². The average Bonchev–Trinajstić information content (AvgIpc) is 3.15. The summed E-state index contributed by atoms with van der Waals surface area (Å²) in [6, 6.07) is 17.0. The highest BCUT2D eigenvalue weighted by Crippen LogP contribution is 2.24. The van der Waals surface area contributed by atoms with Crippen LogP contribution in [-0.2, 0) is 4.74 Å². The van der Waals surface area contributed by atoms with E-state index in [-0.39, 0.29) is 12.7 Å². The number of ether oxygens (including phenoxy) is 1. The van der Waals surface area contributed by atoms with Gasteiger partial charge in [0.05, 0.1) is 18.8 Å².